The molecule has 2 aliphatic rings. The Morgan fingerprint density at radius 1 is 1.10 bits per heavy atom. The maximum atomic E-state index is 12.3. The molecule has 1 aliphatic heterocycles. The highest BCUT2D eigenvalue weighted by molar-refractivity contribution is 7.87. The van der Waals surface area contributed by atoms with Gasteiger partial charge in [0.05, 0.1) is 12.2 Å². The molecule has 1 aliphatic carbocycles. The number of rotatable bonds is 5. The van der Waals surface area contributed by atoms with Gasteiger partial charge in [0, 0.05) is 19.6 Å². The minimum atomic E-state index is -3.35. The van der Waals surface area contributed by atoms with Crippen LogP contribution in [0, 0.1) is 5.92 Å². The lowest BCUT2D eigenvalue weighted by Crippen LogP contribution is -2.52. The Hall–Kier alpha value is -0.170. The molecule has 0 spiro atoms. The van der Waals surface area contributed by atoms with Crippen LogP contribution in [0.3, 0.4) is 0 Å². The van der Waals surface area contributed by atoms with Crippen molar-refractivity contribution < 1.29 is 13.2 Å². The van der Waals surface area contributed by atoms with E-state index in [1.807, 2.05) is 13.8 Å². The number of hydrogen-bond donors (Lipinski definition) is 1. The van der Waals surface area contributed by atoms with Crippen molar-refractivity contribution in [1.82, 2.24) is 9.03 Å². The zero-order valence-corrected chi connectivity index (χ0v) is 13.5. The monoisotopic (exact) mass is 304 g/mol. The Labute approximate surface area is 123 Å². The lowest BCUT2D eigenvalue weighted by Gasteiger charge is -2.34. The molecule has 2 unspecified atom stereocenters. The lowest BCUT2D eigenvalue weighted by atomic mass is 9.87. The van der Waals surface area contributed by atoms with E-state index in [0.717, 1.165) is 6.42 Å². The van der Waals surface area contributed by atoms with Crippen LogP contribution in [0.5, 0.6) is 0 Å². The van der Waals surface area contributed by atoms with Crippen molar-refractivity contribution in [3.63, 3.8) is 0 Å². The quantitative estimate of drug-likeness (QED) is 0.844. The summed E-state index contributed by atoms with van der Waals surface area (Å²) in [5, 5.41) is 0. The molecule has 2 rings (SSSR count). The minimum absolute atomic E-state index is 0.0336. The highest BCUT2D eigenvalue weighted by Crippen LogP contribution is 2.25. The van der Waals surface area contributed by atoms with Crippen LogP contribution in [0.25, 0.3) is 0 Å². The van der Waals surface area contributed by atoms with Crippen LogP contribution in [-0.2, 0) is 14.9 Å². The molecule has 1 saturated heterocycles. The molecule has 1 heterocycles. The molecule has 0 amide bonds. The third-order valence-corrected chi connectivity index (χ3v) is 5.83. The smallest absolute Gasteiger partial charge is 0.279 e. The van der Waals surface area contributed by atoms with Gasteiger partial charge in [-0.25, -0.2) is 4.72 Å². The van der Waals surface area contributed by atoms with Crippen molar-refractivity contribution in [3.05, 3.63) is 0 Å². The number of nitrogens with one attached hydrogen (secondary N) is 1. The molecular weight excluding hydrogens is 276 g/mol. The molecule has 1 saturated carbocycles. The van der Waals surface area contributed by atoms with E-state index in [0.29, 0.717) is 25.6 Å². The van der Waals surface area contributed by atoms with Crippen LogP contribution in [0.15, 0.2) is 0 Å². The topological polar surface area (TPSA) is 58.6 Å². The van der Waals surface area contributed by atoms with Crippen molar-refractivity contribution in [2.75, 3.05) is 19.6 Å². The molecule has 1 N–H and O–H groups in total. The molecule has 0 aromatic rings. The van der Waals surface area contributed by atoms with Gasteiger partial charge in [0.15, 0.2) is 0 Å². The standard InChI is InChI=1S/C14H28N2O3S/c1-12-10-16(11-13(2)19-12)20(17,18)15-9-8-14-6-4-3-5-7-14/h12-15H,3-11H2,1-2H3. The Kier molecular flexibility index (Phi) is 5.84. The van der Waals surface area contributed by atoms with Crippen LogP contribution < -0.4 is 4.72 Å². The Morgan fingerprint density at radius 2 is 1.70 bits per heavy atom. The zero-order valence-electron chi connectivity index (χ0n) is 12.7. The first kappa shape index (κ1) is 16.2. The summed E-state index contributed by atoms with van der Waals surface area (Å²) in [5.74, 6) is 0.703. The summed E-state index contributed by atoms with van der Waals surface area (Å²) in [5.41, 5.74) is 0. The van der Waals surface area contributed by atoms with Gasteiger partial charge in [-0.05, 0) is 26.2 Å². The van der Waals surface area contributed by atoms with E-state index in [-0.39, 0.29) is 12.2 Å². The fourth-order valence-electron chi connectivity index (χ4n) is 3.29. The van der Waals surface area contributed by atoms with Crippen LogP contribution in [-0.4, -0.2) is 44.6 Å². The molecule has 20 heavy (non-hydrogen) atoms. The molecule has 0 bridgehead atoms. The van der Waals surface area contributed by atoms with E-state index in [4.69, 9.17) is 4.74 Å². The molecule has 0 aromatic carbocycles. The van der Waals surface area contributed by atoms with Gasteiger partial charge in [0.2, 0.25) is 0 Å². The maximum absolute atomic E-state index is 12.3. The van der Waals surface area contributed by atoms with Crippen LogP contribution in [0.1, 0.15) is 52.4 Å². The van der Waals surface area contributed by atoms with Gasteiger partial charge >= 0.3 is 0 Å². The van der Waals surface area contributed by atoms with Gasteiger partial charge in [-0.2, -0.15) is 12.7 Å². The summed E-state index contributed by atoms with van der Waals surface area (Å²) in [7, 11) is -3.35. The summed E-state index contributed by atoms with van der Waals surface area (Å²) in [6.45, 7) is 5.29. The van der Waals surface area contributed by atoms with E-state index in [1.54, 1.807) is 0 Å². The van der Waals surface area contributed by atoms with Crippen molar-refractivity contribution in [2.45, 2.75) is 64.6 Å². The Bertz CT molecular complexity index is 383. The third kappa shape index (κ3) is 4.69. The van der Waals surface area contributed by atoms with Crippen molar-refractivity contribution >= 4 is 10.2 Å². The summed E-state index contributed by atoms with van der Waals surface area (Å²) >= 11 is 0. The van der Waals surface area contributed by atoms with Crippen LogP contribution >= 0.6 is 0 Å². The number of ether oxygens (including phenoxy) is 1. The lowest BCUT2D eigenvalue weighted by molar-refractivity contribution is -0.0443. The molecule has 0 radical (unpaired) electrons. The molecule has 5 nitrogen and oxygen atoms in total. The molecule has 6 heteroatoms. The van der Waals surface area contributed by atoms with Crippen LogP contribution in [0.4, 0.5) is 0 Å². The van der Waals surface area contributed by atoms with Gasteiger partial charge in [0.25, 0.3) is 10.2 Å². The molecule has 2 atom stereocenters. The molecular formula is C14H28N2O3S. The van der Waals surface area contributed by atoms with Gasteiger partial charge in [0.1, 0.15) is 0 Å². The average molecular weight is 304 g/mol. The second-order valence-electron chi connectivity index (χ2n) is 6.27. The van der Waals surface area contributed by atoms with E-state index in [2.05, 4.69) is 4.72 Å². The van der Waals surface area contributed by atoms with E-state index in [1.165, 1.54) is 36.4 Å². The summed E-state index contributed by atoms with van der Waals surface area (Å²) < 4.78 is 34.4. The van der Waals surface area contributed by atoms with E-state index < -0.39 is 10.2 Å². The van der Waals surface area contributed by atoms with Crippen molar-refractivity contribution in [1.29, 1.82) is 0 Å². The third-order valence-electron chi connectivity index (χ3n) is 4.29. The SMILES string of the molecule is CC1CN(S(=O)(=O)NCCC2CCCCC2)CC(C)O1. The fraction of sp³-hybridized carbons (Fsp3) is 1.00. The van der Waals surface area contributed by atoms with E-state index in [9.17, 15) is 8.42 Å². The molecule has 2 fully saturated rings. The van der Waals surface area contributed by atoms with E-state index >= 15 is 0 Å². The van der Waals surface area contributed by atoms with Crippen LogP contribution in [0.2, 0.25) is 0 Å². The summed E-state index contributed by atoms with van der Waals surface area (Å²) in [6.07, 6.45) is 7.36. The highest BCUT2D eigenvalue weighted by atomic mass is 32.2. The average Bonchev–Trinajstić information content (AvgIpc) is 2.38. The maximum Gasteiger partial charge on any atom is 0.279 e. The largest absolute Gasteiger partial charge is 0.373 e. The summed E-state index contributed by atoms with van der Waals surface area (Å²) in [6, 6.07) is 0. The first-order valence-corrected chi connectivity index (χ1v) is 9.31. The van der Waals surface area contributed by atoms with Gasteiger partial charge < -0.3 is 4.74 Å². The highest BCUT2D eigenvalue weighted by Gasteiger charge is 2.30. The van der Waals surface area contributed by atoms with Crippen molar-refractivity contribution in [3.8, 4) is 0 Å². The van der Waals surface area contributed by atoms with Gasteiger partial charge in [-0.15, -0.1) is 0 Å². The number of morpholine rings is 1. The normalized spacial score (nSPS) is 30.5. The first-order valence-electron chi connectivity index (χ1n) is 7.87. The molecule has 118 valence electrons. The van der Waals surface area contributed by atoms with Crippen molar-refractivity contribution in [2.24, 2.45) is 5.92 Å². The Balaban J connectivity index is 1.78. The van der Waals surface area contributed by atoms with Gasteiger partial charge in [-0.3, -0.25) is 0 Å². The number of nitrogens with zero attached hydrogens (tertiary/aromatic N) is 1. The second kappa shape index (κ2) is 7.20. The minimum Gasteiger partial charge on any atom is -0.373 e. The zero-order chi connectivity index (χ0) is 14.6. The first-order chi connectivity index (χ1) is 9.47. The molecule has 0 aromatic heterocycles. The predicted molar refractivity (Wildman–Crippen MR) is 79.7 cm³/mol. The van der Waals surface area contributed by atoms with Gasteiger partial charge in [-0.1, -0.05) is 32.1 Å². The Morgan fingerprint density at radius 3 is 2.30 bits per heavy atom. The fourth-order valence-corrected chi connectivity index (χ4v) is 4.66. The second-order valence-corrected chi connectivity index (χ2v) is 8.02. The number of hydrogen-bond acceptors (Lipinski definition) is 3. The predicted octanol–water partition coefficient (Wildman–Crippen LogP) is 1.90. The summed E-state index contributed by atoms with van der Waals surface area (Å²) in [4.78, 5) is 0.